The molecule has 15 heavy (non-hydrogen) atoms. The number of alkyl halides is 1. The molecule has 0 saturated carbocycles. The predicted molar refractivity (Wildman–Crippen MR) is 59.9 cm³/mol. The van der Waals surface area contributed by atoms with Crippen LogP contribution in [0.1, 0.15) is 5.56 Å². The van der Waals surface area contributed by atoms with Gasteiger partial charge in [-0.25, -0.2) is 0 Å². The number of nitrogens with one attached hydrogen (secondary N) is 1. The first-order valence-electron chi connectivity index (χ1n) is 4.49. The van der Waals surface area contributed by atoms with Gasteiger partial charge in [0.15, 0.2) is 0 Å². The Morgan fingerprint density at radius 2 is 2.07 bits per heavy atom. The Morgan fingerprint density at radius 3 is 2.73 bits per heavy atom. The van der Waals surface area contributed by atoms with Gasteiger partial charge in [-0.15, -0.1) is 11.6 Å². The number of rotatable bonds is 2. The zero-order chi connectivity index (χ0) is 10.7. The van der Waals surface area contributed by atoms with Crippen molar-refractivity contribution in [3.8, 4) is 11.1 Å². The summed E-state index contributed by atoms with van der Waals surface area (Å²) in [5, 5.41) is 0. The molecule has 0 fully saturated rings. The molecular formula is C11H9ClN2O. The van der Waals surface area contributed by atoms with Gasteiger partial charge < -0.3 is 4.98 Å². The first-order valence-corrected chi connectivity index (χ1v) is 5.02. The maximum absolute atomic E-state index is 11.1. The summed E-state index contributed by atoms with van der Waals surface area (Å²) in [7, 11) is 0. The van der Waals surface area contributed by atoms with Crippen molar-refractivity contribution in [1.29, 1.82) is 0 Å². The van der Waals surface area contributed by atoms with Crippen LogP contribution in [0.3, 0.4) is 0 Å². The van der Waals surface area contributed by atoms with Gasteiger partial charge in [-0.05, 0) is 23.3 Å². The minimum Gasteiger partial charge on any atom is -0.328 e. The highest BCUT2D eigenvalue weighted by molar-refractivity contribution is 6.17. The number of aromatic amines is 1. The van der Waals surface area contributed by atoms with Crippen molar-refractivity contribution in [2.75, 3.05) is 0 Å². The average Bonchev–Trinajstić information content (AvgIpc) is 2.30. The second kappa shape index (κ2) is 4.28. The highest BCUT2D eigenvalue weighted by Crippen LogP contribution is 2.21. The van der Waals surface area contributed by atoms with E-state index in [4.69, 9.17) is 11.6 Å². The van der Waals surface area contributed by atoms with Gasteiger partial charge in [0.05, 0.1) is 0 Å². The van der Waals surface area contributed by atoms with Gasteiger partial charge >= 0.3 is 0 Å². The number of nitrogens with zero attached hydrogens (tertiary/aromatic N) is 1. The van der Waals surface area contributed by atoms with Gasteiger partial charge in [0.1, 0.15) is 0 Å². The summed E-state index contributed by atoms with van der Waals surface area (Å²) in [5.41, 5.74) is 2.62. The number of H-pyrrole nitrogens is 1. The quantitative estimate of drug-likeness (QED) is 0.789. The third-order valence-corrected chi connectivity index (χ3v) is 2.43. The summed E-state index contributed by atoms with van der Waals surface area (Å²) in [4.78, 5) is 17.7. The zero-order valence-corrected chi connectivity index (χ0v) is 8.66. The molecule has 0 amide bonds. The molecule has 3 nitrogen and oxygen atoms in total. The highest BCUT2D eigenvalue weighted by Gasteiger charge is 2.04. The molecule has 4 heteroatoms. The highest BCUT2D eigenvalue weighted by atomic mass is 35.5. The molecule has 0 atom stereocenters. The average molecular weight is 221 g/mol. The molecule has 0 aromatic carbocycles. The van der Waals surface area contributed by atoms with E-state index < -0.39 is 0 Å². The molecule has 0 bridgehead atoms. The fourth-order valence-corrected chi connectivity index (χ4v) is 1.65. The molecule has 0 saturated heterocycles. The van der Waals surface area contributed by atoms with Crippen LogP contribution in [-0.2, 0) is 5.88 Å². The molecule has 0 aliphatic heterocycles. The van der Waals surface area contributed by atoms with Gasteiger partial charge in [0.25, 0.3) is 0 Å². The standard InChI is InChI=1S/C11H9ClN2O/c12-6-9-5-11(15)14-7-10(9)8-1-3-13-4-2-8/h1-5,7H,6H2,(H,14,15). The van der Waals surface area contributed by atoms with E-state index in [-0.39, 0.29) is 5.56 Å². The first kappa shape index (κ1) is 9.93. The lowest BCUT2D eigenvalue weighted by molar-refractivity contribution is 1.20. The van der Waals surface area contributed by atoms with Gasteiger partial charge in [-0.3, -0.25) is 9.78 Å². The van der Waals surface area contributed by atoms with Crippen LogP contribution < -0.4 is 5.56 Å². The van der Waals surface area contributed by atoms with E-state index in [2.05, 4.69) is 9.97 Å². The third-order valence-electron chi connectivity index (χ3n) is 2.15. The van der Waals surface area contributed by atoms with E-state index in [1.165, 1.54) is 6.07 Å². The van der Waals surface area contributed by atoms with Gasteiger partial charge in [-0.1, -0.05) is 0 Å². The summed E-state index contributed by atoms with van der Waals surface area (Å²) in [6.07, 6.45) is 5.09. The topological polar surface area (TPSA) is 45.8 Å². The molecule has 0 aliphatic rings. The molecule has 1 N–H and O–H groups in total. The largest absolute Gasteiger partial charge is 0.328 e. The van der Waals surface area contributed by atoms with Crippen LogP contribution in [0.4, 0.5) is 0 Å². The van der Waals surface area contributed by atoms with Crippen molar-refractivity contribution in [2.24, 2.45) is 0 Å². The molecule has 2 aromatic heterocycles. The fourth-order valence-electron chi connectivity index (χ4n) is 1.42. The van der Waals surface area contributed by atoms with E-state index >= 15 is 0 Å². The summed E-state index contributed by atoms with van der Waals surface area (Å²) in [5.74, 6) is 0.321. The van der Waals surface area contributed by atoms with E-state index in [1.54, 1.807) is 18.6 Å². The number of aromatic nitrogens is 2. The lowest BCUT2D eigenvalue weighted by Gasteiger charge is -2.05. The van der Waals surface area contributed by atoms with E-state index in [9.17, 15) is 4.79 Å². The van der Waals surface area contributed by atoms with E-state index in [1.807, 2.05) is 12.1 Å². The maximum atomic E-state index is 11.1. The molecule has 0 aliphatic carbocycles. The number of hydrogen-bond donors (Lipinski definition) is 1. The Hall–Kier alpha value is -1.61. The normalized spacial score (nSPS) is 10.2. The number of halogens is 1. The van der Waals surface area contributed by atoms with Crippen LogP contribution in [0.5, 0.6) is 0 Å². The zero-order valence-electron chi connectivity index (χ0n) is 7.90. The fraction of sp³-hybridized carbons (Fsp3) is 0.0909. The van der Waals surface area contributed by atoms with Gasteiger partial charge in [-0.2, -0.15) is 0 Å². The molecule has 0 spiro atoms. The van der Waals surface area contributed by atoms with Crippen LogP contribution >= 0.6 is 11.6 Å². The maximum Gasteiger partial charge on any atom is 0.248 e. The third kappa shape index (κ3) is 2.07. The summed E-state index contributed by atoms with van der Waals surface area (Å²) in [6, 6.07) is 5.27. The lowest BCUT2D eigenvalue weighted by Crippen LogP contribution is -2.05. The van der Waals surface area contributed by atoms with Crippen molar-refractivity contribution in [2.45, 2.75) is 5.88 Å². The Labute approximate surface area is 91.8 Å². The monoisotopic (exact) mass is 220 g/mol. The smallest absolute Gasteiger partial charge is 0.248 e. The van der Waals surface area contributed by atoms with E-state index in [0.29, 0.717) is 5.88 Å². The number of hydrogen-bond acceptors (Lipinski definition) is 2. The Balaban J connectivity index is 2.58. The molecule has 2 aromatic rings. The second-order valence-electron chi connectivity index (χ2n) is 3.11. The first-order chi connectivity index (χ1) is 7.31. The van der Waals surface area contributed by atoms with Crippen LogP contribution in [0, 0.1) is 0 Å². The number of pyridine rings is 2. The second-order valence-corrected chi connectivity index (χ2v) is 3.37. The molecule has 76 valence electrons. The Morgan fingerprint density at radius 1 is 1.33 bits per heavy atom. The van der Waals surface area contributed by atoms with Crippen molar-refractivity contribution in [3.63, 3.8) is 0 Å². The van der Waals surface area contributed by atoms with Crippen LogP contribution in [0.2, 0.25) is 0 Å². The molecular weight excluding hydrogens is 212 g/mol. The Kier molecular flexibility index (Phi) is 2.83. The minimum absolute atomic E-state index is 0.136. The van der Waals surface area contributed by atoms with Crippen molar-refractivity contribution in [1.82, 2.24) is 9.97 Å². The van der Waals surface area contributed by atoms with Crippen molar-refractivity contribution < 1.29 is 0 Å². The van der Waals surface area contributed by atoms with Crippen LogP contribution in [0.25, 0.3) is 11.1 Å². The molecule has 0 radical (unpaired) electrons. The van der Waals surface area contributed by atoms with Crippen molar-refractivity contribution >= 4 is 11.6 Å². The van der Waals surface area contributed by atoms with E-state index in [0.717, 1.165) is 16.7 Å². The van der Waals surface area contributed by atoms with Gasteiger partial charge in [0, 0.05) is 36.1 Å². The lowest BCUT2D eigenvalue weighted by atomic mass is 10.0. The molecule has 0 unspecified atom stereocenters. The summed E-state index contributed by atoms with van der Waals surface area (Å²) in [6.45, 7) is 0. The Bertz CT molecular complexity index is 507. The SMILES string of the molecule is O=c1cc(CCl)c(-c2ccncc2)c[nH]1. The summed E-state index contributed by atoms with van der Waals surface area (Å²) < 4.78 is 0. The molecule has 2 rings (SSSR count). The van der Waals surface area contributed by atoms with Crippen LogP contribution in [-0.4, -0.2) is 9.97 Å². The summed E-state index contributed by atoms with van der Waals surface area (Å²) >= 11 is 5.79. The van der Waals surface area contributed by atoms with Crippen LogP contribution in [0.15, 0.2) is 41.6 Å². The molecule has 2 heterocycles. The minimum atomic E-state index is -0.136. The van der Waals surface area contributed by atoms with Gasteiger partial charge in [0.2, 0.25) is 5.56 Å². The predicted octanol–water partition coefficient (Wildman–Crippen LogP) is 2.18. The van der Waals surface area contributed by atoms with Crippen molar-refractivity contribution in [3.05, 3.63) is 52.7 Å².